The van der Waals surface area contributed by atoms with Crippen molar-refractivity contribution in [1.29, 1.82) is 0 Å². The first-order valence-corrected chi connectivity index (χ1v) is 3.92. The van der Waals surface area contributed by atoms with Crippen molar-refractivity contribution in [3.05, 3.63) is 18.7 Å². The molecule has 0 aromatic carbocycles. The molecule has 0 amide bonds. The standard InChI is InChI=1S/C8H11N3O2/c1-3-12-7(2)11-13-8-4-9-6-10-5-8/h4-6H,3H2,1-2H3/b11-7-. The lowest BCUT2D eigenvalue weighted by Crippen LogP contribution is -2.01. The molecule has 0 fully saturated rings. The summed E-state index contributed by atoms with van der Waals surface area (Å²) in [5.74, 6) is 0.966. The molecule has 0 aliphatic heterocycles. The van der Waals surface area contributed by atoms with Crippen molar-refractivity contribution >= 4 is 5.90 Å². The van der Waals surface area contributed by atoms with Gasteiger partial charge in [0, 0.05) is 6.92 Å². The molecule has 0 unspecified atom stereocenters. The van der Waals surface area contributed by atoms with Gasteiger partial charge < -0.3 is 9.57 Å². The Bertz CT molecular complexity index is 274. The minimum Gasteiger partial charge on any atom is -0.479 e. The second-order valence-corrected chi connectivity index (χ2v) is 2.21. The fraction of sp³-hybridized carbons (Fsp3) is 0.375. The minimum absolute atomic E-state index is 0.478. The van der Waals surface area contributed by atoms with Crippen molar-refractivity contribution in [2.45, 2.75) is 13.8 Å². The van der Waals surface area contributed by atoms with Crippen LogP contribution in [0.25, 0.3) is 0 Å². The highest BCUT2D eigenvalue weighted by Gasteiger charge is 1.93. The van der Waals surface area contributed by atoms with Gasteiger partial charge in [-0.15, -0.1) is 0 Å². The van der Waals surface area contributed by atoms with Crippen LogP contribution in [-0.4, -0.2) is 22.5 Å². The molecule has 70 valence electrons. The zero-order valence-corrected chi connectivity index (χ0v) is 7.60. The van der Waals surface area contributed by atoms with E-state index in [1.54, 1.807) is 6.92 Å². The highest BCUT2D eigenvalue weighted by molar-refractivity contribution is 5.72. The van der Waals surface area contributed by atoms with Crippen LogP contribution in [0.4, 0.5) is 0 Å². The lowest BCUT2D eigenvalue weighted by atomic mass is 10.6. The summed E-state index contributed by atoms with van der Waals surface area (Å²) in [7, 11) is 0. The molecule has 0 spiro atoms. The average Bonchev–Trinajstić information content (AvgIpc) is 2.17. The van der Waals surface area contributed by atoms with E-state index in [2.05, 4.69) is 15.1 Å². The molecule has 0 saturated heterocycles. The van der Waals surface area contributed by atoms with Crippen molar-refractivity contribution < 1.29 is 9.57 Å². The Labute approximate surface area is 76.4 Å². The predicted molar refractivity (Wildman–Crippen MR) is 47.4 cm³/mol. The van der Waals surface area contributed by atoms with Crippen LogP contribution >= 0.6 is 0 Å². The first-order valence-electron chi connectivity index (χ1n) is 3.92. The van der Waals surface area contributed by atoms with Crippen molar-refractivity contribution in [2.75, 3.05) is 6.61 Å². The lowest BCUT2D eigenvalue weighted by Gasteiger charge is -2.00. The highest BCUT2D eigenvalue weighted by Crippen LogP contribution is 2.04. The first-order chi connectivity index (χ1) is 6.33. The Morgan fingerprint density at radius 3 is 2.77 bits per heavy atom. The molecule has 0 N–H and O–H groups in total. The fourth-order valence-corrected chi connectivity index (χ4v) is 0.685. The van der Waals surface area contributed by atoms with Crippen molar-refractivity contribution in [3.63, 3.8) is 0 Å². The molecule has 1 aromatic heterocycles. The fourth-order valence-electron chi connectivity index (χ4n) is 0.685. The van der Waals surface area contributed by atoms with E-state index in [1.807, 2.05) is 6.92 Å². The van der Waals surface area contributed by atoms with Crippen molar-refractivity contribution in [1.82, 2.24) is 9.97 Å². The maximum absolute atomic E-state index is 5.05. The molecule has 0 aliphatic carbocycles. The van der Waals surface area contributed by atoms with Crippen LogP contribution < -0.4 is 4.84 Å². The molecule has 0 atom stereocenters. The topological polar surface area (TPSA) is 56.6 Å². The van der Waals surface area contributed by atoms with Gasteiger partial charge in [-0.3, -0.25) is 0 Å². The predicted octanol–water partition coefficient (Wildman–Crippen LogP) is 1.23. The molecule has 5 nitrogen and oxygen atoms in total. The maximum Gasteiger partial charge on any atom is 0.223 e. The van der Waals surface area contributed by atoms with Crippen LogP contribution in [0.3, 0.4) is 0 Å². The van der Waals surface area contributed by atoms with E-state index in [9.17, 15) is 0 Å². The maximum atomic E-state index is 5.05. The minimum atomic E-state index is 0.478. The lowest BCUT2D eigenvalue weighted by molar-refractivity contribution is 0.275. The molecule has 1 aromatic rings. The van der Waals surface area contributed by atoms with E-state index < -0.39 is 0 Å². The van der Waals surface area contributed by atoms with Gasteiger partial charge in [-0.1, -0.05) is 0 Å². The van der Waals surface area contributed by atoms with Crippen LogP contribution in [0.2, 0.25) is 0 Å². The van der Waals surface area contributed by atoms with Gasteiger partial charge in [0.25, 0.3) is 0 Å². The number of hydrogen-bond donors (Lipinski definition) is 0. The first kappa shape index (κ1) is 9.44. The van der Waals surface area contributed by atoms with E-state index in [0.717, 1.165) is 0 Å². The van der Waals surface area contributed by atoms with Gasteiger partial charge >= 0.3 is 0 Å². The van der Waals surface area contributed by atoms with Gasteiger partial charge in [0.2, 0.25) is 5.90 Å². The van der Waals surface area contributed by atoms with Crippen LogP contribution in [-0.2, 0) is 4.74 Å². The van der Waals surface area contributed by atoms with Crippen LogP contribution in [0, 0.1) is 0 Å². The molecule has 1 heterocycles. The van der Waals surface area contributed by atoms with Gasteiger partial charge in [-0.2, -0.15) is 0 Å². The molecule has 0 saturated carbocycles. The van der Waals surface area contributed by atoms with Gasteiger partial charge in [0.1, 0.15) is 6.33 Å². The Kier molecular flexibility index (Phi) is 3.69. The monoisotopic (exact) mass is 181 g/mol. The van der Waals surface area contributed by atoms with E-state index in [1.165, 1.54) is 18.7 Å². The largest absolute Gasteiger partial charge is 0.479 e. The van der Waals surface area contributed by atoms with Gasteiger partial charge in [0.05, 0.1) is 19.0 Å². The molecule has 5 heteroatoms. The molecular weight excluding hydrogens is 170 g/mol. The van der Waals surface area contributed by atoms with E-state index >= 15 is 0 Å². The summed E-state index contributed by atoms with van der Waals surface area (Å²) in [6.45, 7) is 4.17. The summed E-state index contributed by atoms with van der Waals surface area (Å²) in [5, 5.41) is 3.70. The molecule has 0 radical (unpaired) electrons. The van der Waals surface area contributed by atoms with Gasteiger partial charge in [-0.05, 0) is 12.1 Å². The molecule has 0 aliphatic rings. The van der Waals surface area contributed by atoms with Crippen LogP contribution in [0.5, 0.6) is 5.75 Å². The van der Waals surface area contributed by atoms with Crippen LogP contribution in [0.1, 0.15) is 13.8 Å². The summed E-state index contributed by atoms with van der Waals surface area (Å²) in [6, 6.07) is 0. The third-order valence-corrected chi connectivity index (χ3v) is 1.17. The third kappa shape index (κ3) is 3.50. The van der Waals surface area contributed by atoms with Crippen molar-refractivity contribution in [2.24, 2.45) is 5.16 Å². The number of ether oxygens (including phenoxy) is 1. The number of nitrogens with zero attached hydrogens (tertiary/aromatic N) is 3. The SMILES string of the molecule is CCO/C(C)=N\Oc1cncnc1. The molecule has 13 heavy (non-hydrogen) atoms. The van der Waals surface area contributed by atoms with Gasteiger partial charge in [0.15, 0.2) is 5.75 Å². The average molecular weight is 181 g/mol. The Hall–Kier alpha value is -1.65. The molecular formula is C8H11N3O2. The number of rotatable bonds is 3. The second kappa shape index (κ2) is 5.08. The number of aromatic nitrogens is 2. The molecule has 1 rings (SSSR count). The van der Waals surface area contributed by atoms with E-state index in [4.69, 9.17) is 9.57 Å². The highest BCUT2D eigenvalue weighted by atomic mass is 16.6. The summed E-state index contributed by atoms with van der Waals surface area (Å²) in [6.07, 6.45) is 4.47. The Morgan fingerprint density at radius 1 is 1.46 bits per heavy atom. The zero-order chi connectivity index (χ0) is 9.52. The second-order valence-electron chi connectivity index (χ2n) is 2.21. The summed E-state index contributed by atoms with van der Waals surface area (Å²) in [4.78, 5) is 12.5. The van der Waals surface area contributed by atoms with Crippen LogP contribution in [0.15, 0.2) is 23.9 Å². The van der Waals surface area contributed by atoms with E-state index in [0.29, 0.717) is 18.3 Å². The number of oxime groups is 1. The third-order valence-electron chi connectivity index (χ3n) is 1.17. The Morgan fingerprint density at radius 2 is 2.15 bits per heavy atom. The normalized spacial score (nSPS) is 11.1. The zero-order valence-electron chi connectivity index (χ0n) is 7.60. The van der Waals surface area contributed by atoms with Crippen molar-refractivity contribution in [3.8, 4) is 5.75 Å². The van der Waals surface area contributed by atoms with E-state index in [-0.39, 0.29) is 0 Å². The van der Waals surface area contributed by atoms with Gasteiger partial charge in [-0.25, -0.2) is 9.97 Å². The summed E-state index contributed by atoms with van der Waals surface area (Å²) < 4.78 is 5.05. The Balaban J connectivity index is 2.47. The summed E-state index contributed by atoms with van der Waals surface area (Å²) >= 11 is 0. The molecule has 0 bridgehead atoms. The smallest absolute Gasteiger partial charge is 0.223 e. The summed E-state index contributed by atoms with van der Waals surface area (Å²) in [5.41, 5.74) is 0. The quantitative estimate of drug-likeness (QED) is 0.399. The number of hydrogen-bond acceptors (Lipinski definition) is 5.